The molecule has 4 rings (SSSR count). The molecule has 0 aliphatic carbocycles. The predicted molar refractivity (Wildman–Crippen MR) is 110 cm³/mol. The van der Waals surface area contributed by atoms with E-state index in [1.165, 1.54) is 18.9 Å². The van der Waals surface area contributed by atoms with Gasteiger partial charge >= 0.3 is 0 Å². The first kappa shape index (κ1) is 18.3. The highest BCUT2D eigenvalue weighted by Gasteiger charge is 2.24. The molecule has 2 aromatic carbocycles. The number of anilines is 3. The van der Waals surface area contributed by atoms with E-state index in [1.807, 2.05) is 29.2 Å². The van der Waals surface area contributed by atoms with Crippen molar-refractivity contribution < 1.29 is 9.72 Å². The van der Waals surface area contributed by atoms with Crippen molar-refractivity contribution in [2.75, 3.05) is 41.3 Å². The summed E-state index contributed by atoms with van der Waals surface area (Å²) >= 11 is 0. The zero-order chi connectivity index (χ0) is 19.5. The summed E-state index contributed by atoms with van der Waals surface area (Å²) in [4.78, 5) is 28.1. The van der Waals surface area contributed by atoms with Gasteiger partial charge in [-0.1, -0.05) is 0 Å². The van der Waals surface area contributed by atoms with Crippen molar-refractivity contribution in [2.45, 2.75) is 25.7 Å². The lowest BCUT2D eigenvalue weighted by molar-refractivity contribution is -0.384. The number of benzene rings is 2. The smallest absolute Gasteiger partial charge is 0.293 e. The van der Waals surface area contributed by atoms with Crippen LogP contribution in [0.25, 0.3) is 0 Å². The molecule has 1 amide bonds. The van der Waals surface area contributed by atoms with Gasteiger partial charge in [0, 0.05) is 49.2 Å². The molecule has 2 heterocycles. The molecule has 7 heteroatoms. The zero-order valence-corrected chi connectivity index (χ0v) is 15.8. The van der Waals surface area contributed by atoms with Crippen molar-refractivity contribution in [2.24, 2.45) is 0 Å². The normalized spacial score (nSPS) is 16.4. The Morgan fingerprint density at radius 1 is 0.893 bits per heavy atom. The average molecular weight is 380 g/mol. The monoisotopic (exact) mass is 380 g/mol. The van der Waals surface area contributed by atoms with Crippen LogP contribution in [0.2, 0.25) is 0 Å². The fourth-order valence-corrected chi connectivity index (χ4v) is 3.97. The number of carbonyl (C=O) groups excluding carboxylic acids is 1. The van der Waals surface area contributed by atoms with E-state index in [2.05, 4.69) is 10.2 Å². The van der Waals surface area contributed by atoms with Crippen LogP contribution in [0.1, 0.15) is 36.0 Å². The quantitative estimate of drug-likeness (QED) is 0.625. The van der Waals surface area contributed by atoms with E-state index in [9.17, 15) is 14.9 Å². The van der Waals surface area contributed by atoms with Crippen LogP contribution < -0.4 is 15.1 Å². The molecule has 0 spiro atoms. The molecule has 2 saturated heterocycles. The minimum absolute atomic E-state index is 0.0149. The standard InChI is InChI=1S/C21H24N4O3/c26-21(22-17-6-8-18(9-7-17)23-11-1-2-12-23)16-5-10-19(20(15-16)25(27)28)24-13-3-4-14-24/h5-10,15H,1-4,11-14H2,(H,22,26). The van der Waals surface area contributed by atoms with E-state index >= 15 is 0 Å². The molecule has 2 aliphatic heterocycles. The molecule has 7 nitrogen and oxygen atoms in total. The maximum Gasteiger partial charge on any atom is 0.293 e. The number of amides is 1. The Morgan fingerprint density at radius 2 is 1.50 bits per heavy atom. The van der Waals surface area contributed by atoms with Gasteiger partial charge in [-0.05, 0) is 62.1 Å². The topological polar surface area (TPSA) is 78.7 Å². The average Bonchev–Trinajstić information content (AvgIpc) is 3.42. The van der Waals surface area contributed by atoms with Crippen LogP contribution in [-0.2, 0) is 0 Å². The van der Waals surface area contributed by atoms with Crippen LogP contribution in [0, 0.1) is 10.1 Å². The number of carbonyl (C=O) groups is 1. The first-order chi connectivity index (χ1) is 13.6. The summed E-state index contributed by atoms with van der Waals surface area (Å²) < 4.78 is 0. The molecule has 2 aromatic rings. The molecular weight excluding hydrogens is 356 g/mol. The minimum Gasteiger partial charge on any atom is -0.372 e. The van der Waals surface area contributed by atoms with Crippen LogP contribution in [0.4, 0.5) is 22.7 Å². The number of nitro benzene ring substituents is 1. The van der Waals surface area contributed by atoms with Gasteiger partial charge in [0.2, 0.25) is 0 Å². The van der Waals surface area contributed by atoms with Gasteiger partial charge < -0.3 is 15.1 Å². The minimum atomic E-state index is -0.407. The molecule has 0 radical (unpaired) electrons. The third-order valence-electron chi connectivity index (χ3n) is 5.48. The molecule has 146 valence electrons. The summed E-state index contributed by atoms with van der Waals surface area (Å²) in [5.41, 5.74) is 2.70. The highest BCUT2D eigenvalue weighted by molar-refractivity contribution is 6.05. The Labute approximate surface area is 164 Å². The summed E-state index contributed by atoms with van der Waals surface area (Å²) in [6, 6.07) is 12.5. The Kier molecular flexibility index (Phi) is 5.14. The molecule has 0 saturated carbocycles. The van der Waals surface area contributed by atoms with Gasteiger partial charge in [-0.15, -0.1) is 0 Å². The molecule has 2 fully saturated rings. The van der Waals surface area contributed by atoms with Crippen molar-refractivity contribution >= 4 is 28.7 Å². The molecule has 28 heavy (non-hydrogen) atoms. The molecule has 0 aromatic heterocycles. The predicted octanol–water partition coefficient (Wildman–Crippen LogP) is 4.05. The summed E-state index contributed by atoms with van der Waals surface area (Å²) in [6.45, 7) is 3.77. The third kappa shape index (κ3) is 3.78. The molecule has 2 aliphatic rings. The lowest BCUT2D eigenvalue weighted by Gasteiger charge is -2.18. The van der Waals surface area contributed by atoms with Gasteiger partial charge in [0.1, 0.15) is 5.69 Å². The van der Waals surface area contributed by atoms with Crippen molar-refractivity contribution in [3.05, 3.63) is 58.1 Å². The van der Waals surface area contributed by atoms with Crippen LogP contribution in [0.15, 0.2) is 42.5 Å². The number of hydrogen-bond acceptors (Lipinski definition) is 5. The van der Waals surface area contributed by atoms with Crippen LogP contribution in [0.5, 0.6) is 0 Å². The van der Waals surface area contributed by atoms with Crippen molar-refractivity contribution in [3.63, 3.8) is 0 Å². The van der Waals surface area contributed by atoms with E-state index in [4.69, 9.17) is 0 Å². The maximum absolute atomic E-state index is 12.6. The van der Waals surface area contributed by atoms with Gasteiger partial charge in [0.05, 0.1) is 4.92 Å². The van der Waals surface area contributed by atoms with Crippen LogP contribution >= 0.6 is 0 Å². The van der Waals surface area contributed by atoms with Gasteiger partial charge in [-0.25, -0.2) is 0 Å². The Hall–Kier alpha value is -3.09. The van der Waals surface area contributed by atoms with Gasteiger partial charge in [0.25, 0.3) is 11.6 Å². The highest BCUT2D eigenvalue weighted by atomic mass is 16.6. The second-order valence-electron chi connectivity index (χ2n) is 7.35. The van der Waals surface area contributed by atoms with Crippen LogP contribution in [-0.4, -0.2) is 37.0 Å². The third-order valence-corrected chi connectivity index (χ3v) is 5.48. The summed E-state index contributed by atoms with van der Waals surface area (Å²) in [6.07, 6.45) is 4.50. The summed E-state index contributed by atoms with van der Waals surface area (Å²) in [5, 5.41) is 14.4. The van der Waals surface area contributed by atoms with E-state index in [1.54, 1.807) is 12.1 Å². The molecule has 0 unspecified atom stereocenters. The van der Waals surface area contributed by atoms with Crippen molar-refractivity contribution in [1.29, 1.82) is 0 Å². The van der Waals surface area contributed by atoms with Crippen molar-refractivity contribution in [3.8, 4) is 0 Å². The van der Waals surface area contributed by atoms with E-state index in [0.717, 1.165) is 44.7 Å². The van der Waals surface area contributed by atoms with E-state index in [-0.39, 0.29) is 11.6 Å². The highest BCUT2D eigenvalue weighted by Crippen LogP contribution is 2.32. The molecular formula is C21H24N4O3. The number of nitrogens with one attached hydrogen (secondary N) is 1. The van der Waals surface area contributed by atoms with Gasteiger partial charge in [-0.2, -0.15) is 0 Å². The lowest BCUT2D eigenvalue weighted by Crippen LogP contribution is -2.20. The SMILES string of the molecule is O=C(Nc1ccc(N2CCCC2)cc1)c1ccc(N2CCCC2)c([N+](=O)[O-])c1. The number of hydrogen-bond donors (Lipinski definition) is 1. The van der Waals surface area contributed by atoms with Gasteiger partial charge in [-0.3, -0.25) is 14.9 Å². The van der Waals surface area contributed by atoms with E-state index in [0.29, 0.717) is 16.9 Å². The Bertz CT molecular complexity index is 870. The summed E-state index contributed by atoms with van der Waals surface area (Å²) in [7, 11) is 0. The Balaban J connectivity index is 1.49. The largest absolute Gasteiger partial charge is 0.372 e. The molecule has 1 N–H and O–H groups in total. The first-order valence-electron chi connectivity index (χ1n) is 9.81. The second kappa shape index (κ2) is 7.88. The van der Waals surface area contributed by atoms with Gasteiger partial charge in [0.15, 0.2) is 0 Å². The molecule has 0 atom stereocenters. The first-order valence-corrected chi connectivity index (χ1v) is 9.81. The fourth-order valence-electron chi connectivity index (χ4n) is 3.97. The van der Waals surface area contributed by atoms with Crippen molar-refractivity contribution in [1.82, 2.24) is 0 Å². The van der Waals surface area contributed by atoms with E-state index < -0.39 is 4.92 Å². The maximum atomic E-state index is 12.6. The molecule has 0 bridgehead atoms. The Morgan fingerprint density at radius 3 is 2.11 bits per heavy atom. The number of nitro groups is 1. The van der Waals surface area contributed by atoms with Crippen LogP contribution in [0.3, 0.4) is 0 Å². The fraction of sp³-hybridized carbons (Fsp3) is 0.381. The zero-order valence-electron chi connectivity index (χ0n) is 15.8. The number of rotatable bonds is 5. The lowest BCUT2D eigenvalue weighted by atomic mass is 10.1. The number of nitrogens with zero attached hydrogens (tertiary/aromatic N) is 3. The second-order valence-corrected chi connectivity index (χ2v) is 7.35. The summed E-state index contributed by atoms with van der Waals surface area (Å²) in [5.74, 6) is -0.343.